The lowest BCUT2D eigenvalue weighted by molar-refractivity contribution is 0.271. The fraction of sp³-hybridized carbons (Fsp3) is 0.647. The van der Waals surface area contributed by atoms with Gasteiger partial charge in [-0.25, -0.2) is 0 Å². The third-order valence-corrected chi connectivity index (χ3v) is 4.07. The third-order valence-electron chi connectivity index (χ3n) is 4.07. The number of anilines is 1. The van der Waals surface area contributed by atoms with Crippen molar-refractivity contribution in [3.63, 3.8) is 0 Å². The van der Waals surface area contributed by atoms with Crippen molar-refractivity contribution in [3.8, 4) is 0 Å². The summed E-state index contributed by atoms with van der Waals surface area (Å²) in [6.07, 6.45) is 2.39. The summed E-state index contributed by atoms with van der Waals surface area (Å²) in [5.41, 5.74) is 3.24. The molecular weight excluding hydrogens is 232 g/mol. The van der Waals surface area contributed by atoms with E-state index in [1.54, 1.807) is 0 Å². The van der Waals surface area contributed by atoms with Crippen molar-refractivity contribution in [2.75, 3.05) is 24.5 Å². The summed E-state index contributed by atoms with van der Waals surface area (Å²) in [6, 6.07) is 9.38. The van der Waals surface area contributed by atoms with Gasteiger partial charge in [0.1, 0.15) is 0 Å². The van der Waals surface area contributed by atoms with Crippen LogP contribution in [0.4, 0.5) is 5.69 Å². The van der Waals surface area contributed by atoms with Gasteiger partial charge in [0.25, 0.3) is 0 Å². The van der Waals surface area contributed by atoms with E-state index in [0.717, 1.165) is 13.1 Å². The van der Waals surface area contributed by atoms with Crippen LogP contribution >= 0.6 is 0 Å². The van der Waals surface area contributed by atoms with Crippen molar-refractivity contribution in [1.29, 1.82) is 0 Å². The summed E-state index contributed by atoms with van der Waals surface area (Å²) in [4.78, 5) is 2.55. The number of nitrogens with zero attached hydrogens (tertiary/aromatic N) is 1. The van der Waals surface area contributed by atoms with E-state index in [4.69, 9.17) is 0 Å². The second-order valence-electron chi connectivity index (χ2n) is 6.70. The molecule has 106 valence electrons. The molecule has 0 aromatic heterocycles. The largest absolute Gasteiger partial charge is 0.369 e. The summed E-state index contributed by atoms with van der Waals surface area (Å²) >= 11 is 0. The molecule has 0 spiro atoms. The second-order valence-corrected chi connectivity index (χ2v) is 6.70. The van der Waals surface area contributed by atoms with Crippen molar-refractivity contribution in [2.24, 2.45) is 5.41 Å². The average molecular weight is 260 g/mol. The molecule has 0 amide bonds. The van der Waals surface area contributed by atoms with Crippen LogP contribution in [0.1, 0.15) is 39.7 Å². The smallest absolute Gasteiger partial charge is 0.0400 e. The van der Waals surface area contributed by atoms with Gasteiger partial charge in [0.05, 0.1) is 0 Å². The Bertz CT molecular complexity index is 406. The first kappa shape index (κ1) is 14.4. The summed E-state index contributed by atoms with van der Waals surface area (Å²) in [7, 11) is 0. The minimum absolute atomic E-state index is 0.298. The first-order valence-electron chi connectivity index (χ1n) is 7.58. The van der Waals surface area contributed by atoms with Crippen LogP contribution in [0.15, 0.2) is 24.3 Å². The van der Waals surface area contributed by atoms with Gasteiger partial charge in [0, 0.05) is 24.8 Å². The second kappa shape index (κ2) is 5.96. The number of nitrogens with one attached hydrogen (secondary N) is 1. The third kappa shape index (κ3) is 3.50. The molecule has 19 heavy (non-hydrogen) atoms. The summed E-state index contributed by atoms with van der Waals surface area (Å²) in [5.74, 6) is 0. The highest BCUT2D eigenvalue weighted by molar-refractivity contribution is 5.57. The van der Waals surface area contributed by atoms with Crippen molar-refractivity contribution in [2.45, 2.75) is 46.6 Å². The molecule has 1 heterocycles. The number of para-hydroxylation sites is 1. The number of hydrogen-bond acceptors (Lipinski definition) is 2. The highest BCUT2D eigenvalue weighted by Crippen LogP contribution is 2.29. The lowest BCUT2D eigenvalue weighted by atomic mass is 9.86. The predicted octanol–water partition coefficient (Wildman–Crippen LogP) is 3.46. The van der Waals surface area contributed by atoms with Gasteiger partial charge in [-0.1, -0.05) is 45.9 Å². The number of hydrogen-bond donors (Lipinski definition) is 1. The van der Waals surface area contributed by atoms with E-state index in [0.29, 0.717) is 11.5 Å². The molecule has 2 heteroatoms. The summed E-state index contributed by atoms with van der Waals surface area (Å²) in [5, 5.41) is 3.73. The average Bonchev–Trinajstić information content (AvgIpc) is 2.76. The zero-order valence-electron chi connectivity index (χ0n) is 12.9. The Labute approximate surface area is 118 Å². The lowest BCUT2D eigenvalue weighted by Gasteiger charge is -2.35. The van der Waals surface area contributed by atoms with E-state index in [9.17, 15) is 0 Å². The molecule has 0 aliphatic carbocycles. The van der Waals surface area contributed by atoms with Gasteiger partial charge in [-0.05, 0) is 36.4 Å². The van der Waals surface area contributed by atoms with Crippen LogP contribution in [0, 0.1) is 5.41 Å². The van der Waals surface area contributed by atoms with Crippen LogP contribution in [-0.2, 0) is 6.42 Å². The minimum Gasteiger partial charge on any atom is -0.369 e. The molecule has 1 atom stereocenters. The summed E-state index contributed by atoms with van der Waals surface area (Å²) in [6.45, 7) is 12.6. The van der Waals surface area contributed by atoms with E-state index in [2.05, 4.69) is 62.2 Å². The van der Waals surface area contributed by atoms with Crippen molar-refractivity contribution in [1.82, 2.24) is 5.32 Å². The number of rotatable bonds is 5. The fourth-order valence-corrected chi connectivity index (χ4v) is 2.78. The zero-order chi connectivity index (χ0) is 13.9. The quantitative estimate of drug-likeness (QED) is 0.872. The molecule has 2 rings (SSSR count). The molecule has 0 radical (unpaired) electrons. The molecule has 1 unspecified atom stereocenters. The van der Waals surface area contributed by atoms with Crippen LogP contribution in [0.25, 0.3) is 0 Å². The van der Waals surface area contributed by atoms with E-state index in [-0.39, 0.29) is 0 Å². The van der Waals surface area contributed by atoms with Gasteiger partial charge in [-0.2, -0.15) is 0 Å². The maximum atomic E-state index is 3.73. The first-order valence-corrected chi connectivity index (χ1v) is 7.58. The van der Waals surface area contributed by atoms with Crippen LogP contribution in [0.2, 0.25) is 0 Å². The first-order chi connectivity index (χ1) is 9.02. The topological polar surface area (TPSA) is 15.3 Å². The maximum Gasteiger partial charge on any atom is 0.0400 e. The Kier molecular flexibility index (Phi) is 4.51. The van der Waals surface area contributed by atoms with Gasteiger partial charge < -0.3 is 10.2 Å². The Balaban J connectivity index is 2.06. The Morgan fingerprint density at radius 1 is 1.26 bits per heavy atom. The Morgan fingerprint density at radius 3 is 2.68 bits per heavy atom. The van der Waals surface area contributed by atoms with Crippen molar-refractivity contribution >= 4 is 5.69 Å². The SMILES string of the molecule is CCCNC(CN1CCc2ccccc21)C(C)(C)C. The molecule has 1 aliphatic heterocycles. The highest BCUT2D eigenvalue weighted by atomic mass is 15.2. The molecule has 0 fully saturated rings. The standard InChI is InChI=1S/C17H28N2/c1-5-11-18-16(17(2,3)4)13-19-12-10-14-8-6-7-9-15(14)19/h6-9,16,18H,5,10-13H2,1-4H3. The molecular formula is C17H28N2. The van der Waals surface area contributed by atoms with Crippen LogP contribution in [-0.4, -0.2) is 25.7 Å². The van der Waals surface area contributed by atoms with Gasteiger partial charge >= 0.3 is 0 Å². The Morgan fingerprint density at radius 2 is 2.00 bits per heavy atom. The highest BCUT2D eigenvalue weighted by Gasteiger charge is 2.28. The number of fused-ring (bicyclic) bond motifs is 1. The van der Waals surface area contributed by atoms with E-state index >= 15 is 0 Å². The molecule has 1 N–H and O–H groups in total. The maximum absolute atomic E-state index is 3.73. The molecule has 2 nitrogen and oxygen atoms in total. The molecule has 1 aromatic rings. The number of benzene rings is 1. The van der Waals surface area contributed by atoms with E-state index in [1.165, 1.54) is 30.6 Å². The van der Waals surface area contributed by atoms with Gasteiger partial charge in [-0.15, -0.1) is 0 Å². The molecule has 0 saturated heterocycles. The minimum atomic E-state index is 0.298. The molecule has 1 aliphatic rings. The van der Waals surface area contributed by atoms with Crippen LogP contribution in [0.5, 0.6) is 0 Å². The lowest BCUT2D eigenvalue weighted by Crippen LogP contribution is -2.48. The predicted molar refractivity (Wildman–Crippen MR) is 83.9 cm³/mol. The fourth-order valence-electron chi connectivity index (χ4n) is 2.78. The molecule has 1 aromatic carbocycles. The van der Waals surface area contributed by atoms with Crippen LogP contribution in [0.3, 0.4) is 0 Å². The summed E-state index contributed by atoms with van der Waals surface area (Å²) < 4.78 is 0. The van der Waals surface area contributed by atoms with Gasteiger partial charge in [-0.3, -0.25) is 0 Å². The van der Waals surface area contributed by atoms with Gasteiger partial charge in [0.2, 0.25) is 0 Å². The normalized spacial score (nSPS) is 16.5. The van der Waals surface area contributed by atoms with Gasteiger partial charge in [0.15, 0.2) is 0 Å². The monoisotopic (exact) mass is 260 g/mol. The van der Waals surface area contributed by atoms with Crippen LogP contribution < -0.4 is 10.2 Å². The molecule has 0 saturated carbocycles. The van der Waals surface area contributed by atoms with Crippen molar-refractivity contribution < 1.29 is 0 Å². The van der Waals surface area contributed by atoms with E-state index < -0.39 is 0 Å². The zero-order valence-corrected chi connectivity index (χ0v) is 12.9. The van der Waals surface area contributed by atoms with E-state index in [1.807, 2.05) is 0 Å². The molecule has 0 bridgehead atoms. The Hall–Kier alpha value is -1.02. The van der Waals surface area contributed by atoms with Crippen molar-refractivity contribution in [3.05, 3.63) is 29.8 Å².